The molecule has 0 saturated carbocycles. The molecule has 0 bridgehead atoms. The Morgan fingerprint density at radius 2 is 1.92 bits per heavy atom. The van der Waals surface area contributed by atoms with Crippen molar-refractivity contribution in [2.45, 2.75) is 45.8 Å². The van der Waals surface area contributed by atoms with Gasteiger partial charge in [-0.1, -0.05) is 13.8 Å². The standard InChI is InChI=1S/C19H41N5O2/c1-7-20-18(21-13-17(23(5)6)12-16(2)3)22-14-19(4,25)15-24-8-10-26-11-9-24/h16-17,25H,7-15H2,1-6H3,(H2,20,21,22). The summed E-state index contributed by atoms with van der Waals surface area (Å²) in [4.78, 5) is 9.12. The summed E-state index contributed by atoms with van der Waals surface area (Å²) in [5, 5.41) is 17.4. The van der Waals surface area contributed by atoms with Crippen molar-refractivity contribution in [3.8, 4) is 0 Å². The zero-order chi connectivity index (χ0) is 19.6. The predicted octanol–water partition coefficient (Wildman–Crippen LogP) is 0.601. The van der Waals surface area contributed by atoms with Gasteiger partial charge >= 0.3 is 0 Å². The Labute approximate surface area is 160 Å². The van der Waals surface area contributed by atoms with E-state index in [1.165, 1.54) is 0 Å². The van der Waals surface area contributed by atoms with Gasteiger partial charge < -0.3 is 25.4 Å². The van der Waals surface area contributed by atoms with Crippen LogP contribution in [0.25, 0.3) is 0 Å². The first-order valence-corrected chi connectivity index (χ1v) is 9.94. The first kappa shape index (κ1) is 23.1. The highest BCUT2D eigenvalue weighted by Gasteiger charge is 2.25. The van der Waals surface area contributed by atoms with Crippen molar-refractivity contribution < 1.29 is 9.84 Å². The zero-order valence-electron chi connectivity index (χ0n) is 17.7. The van der Waals surface area contributed by atoms with Crippen LogP contribution in [0.2, 0.25) is 0 Å². The van der Waals surface area contributed by atoms with Crippen molar-refractivity contribution in [2.75, 3.05) is 66.6 Å². The lowest BCUT2D eigenvalue weighted by molar-refractivity contribution is -0.0180. The van der Waals surface area contributed by atoms with E-state index in [1.54, 1.807) is 0 Å². The normalized spacial score (nSPS) is 20.3. The van der Waals surface area contributed by atoms with Gasteiger partial charge in [0.25, 0.3) is 0 Å². The summed E-state index contributed by atoms with van der Waals surface area (Å²) >= 11 is 0. The third kappa shape index (κ3) is 9.71. The van der Waals surface area contributed by atoms with Crippen molar-refractivity contribution in [1.29, 1.82) is 0 Å². The Hall–Kier alpha value is -0.890. The molecule has 7 heteroatoms. The first-order chi connectivity index (χ1) is 12.2. The number of aliphatic hydroxyl groups is 1. The van der Waals surface area contributed by atoms with Gasteiger partial charge in [-0.3, -0.25) is 9.89 Å². The number of nitrogens with one attached hydrogen (secondary N) is 2. The van der Waals surface area contributed by atoms with Crippen molar-refractivity contribution in [1.82, 2.24) is 20.4 Å². The maximum absolute atomic E-state index is 10.7. The lowest BCUT2D eigenvalue weighted by Crippen LogP contribution is -2.49. The first-order valence-electron chi connectivity index (χ1n) is 9.94. The summed E-state index contributed by atoms with van der Waals surface area (Å²) in [5.41, 5.74) is -0.849. The van der Waals surface area contributed by atoms with Crippen LogP contribution >= 0.6 is 0 Å². The maximum Gasteiger partial charge on any atom is 0.191 e. The number of hydrogen-bond donors (Lipinski definition) is 3. The molecule has 0 aromatic carbocycles. The van der Waals surface area contributed by atoms with Crippen molar-refractivity contribution in [3.63, 3.8) is 0 Å². The van der Waals surface area contributed by atoms with Crippen LogP contribution in [0.3, 0.4) is 0 Å². The minimum atomic E-state index is -0.849. The van der Waals surface area contributed by atoms with E-state index in [4.69, 9.17) is 4.74 Å². The average Bonchev–Trinajstić information content (AvgIpc) is 2.56. The van der Waals surface area contributed by atoms with E-state index in [0.717, 1.165) is 51.8 Å². The van der Waals surface area contributed by atoms with Crippen LogP contribution in [0.4, 0.5) is 0 Å². The molecular weight excluding hydrogens is 330 g/mol. The molecule has 1 saturated heterocycles. The molecule has 0 aromatic heterocycles. The fraction of sp³-hybridized carbons (Fsp3) is 0.947. The summed E-state index contributed by atoms with van der Waals surface area (Å²) in [5.74, 6) is 1.42. The molecule has 0 amide bonds. The number of β-amino-alcohol motifs (C(OH)–C–C–N with tert-alkyl or cyclic N) is 1. The molecule has 26 heavy (non-hydrogen) atoms. The van der Waals surface area contributed by atoms with Gasteiger partial charge in [-0.15, -0.1) is 0 Å². The Morgan fingerprint density at radius 1 is 1.27 bits per heavy atom. The molecule has 0 spiro atoms. The van der Waals surface area contributed by atoms with Crippen LogP contribution in [0.5, 0.6) is 0 Å². The molecule has 3 N–H and O–H groups in total. The Morgan fingerprint density at radius 3 is 2.46 bits per heavy atom. The van der Waals surface area contributed by atoms with E-state index in [0.29, 0.717) is 25.0 Å². The molecule has 0 aliphatic carbocycles. The van der Waals surface area contributed by atoms with E-state index in [2.05, 4.69) is 60.3 Å². The monoisotopic (exact) mass is 371 g/mol. The summed E-state index contributed by atoms with van der Waals surface area (Å²) in [6, 6.07) is 0.452. The minimum absolute atomic E-state index is 0.372. The molecule has 2 atom stereocenters. The number of rotatable bonds is 10. The fourth-order valence-corrected chi connectivity index (χ4v) is 3.12. The lowest BCUT2D eigenvalue weighted by Gasteiger charge is -2.33. The molecule has 1 fully saturated rings. The molecule has 1 aliphatic rings. The fourth-order valence-electron chi connectivity index (χ4n) is 3.12. The third-order valence-corrected chi connectivity index (χ3v) is 4.57. The summed E-state index contributed by atoms with van der Waals surface area (Å²) in [7, 11) is 4.23. The van der Waals surface area contributed by atoms with E-state index < -0.39 is 5.60 Å². The van der Waals surface area contributed by atoms with Crippen LogP contribution in [0, 0.1) is 5.92 Å². The van der Waals surface area contributed by atoms with Crippen LogP contribution in [-0.2, 0) is 4.74 Å². The summed E-state index contributed by atoms with van der Waals surface area (Å²) in [6.07, 6.45) is 1.13. The molecule has 2 unspecified atom stereocenters. The number of ether oxygens (including phenoxy) is 1. The van der Waals surface area contributed by atoms with Gasteiger partial charge in [0.15, 0.2) is 5.96 Å². The molecule has 1 rings (SSSR count). The highest BCUT2D eigenvalue weighted by molar-refractivity contribution is 5.79. The van der Waals surface area contributed by atoms with Crippen molar-refractivity contribution >= 4 is 5.96 Å². The zero-order valence-corrected chi connectivity index (χ0v) is 17.7. The Kier molecular flexibility index (Phi) is 10.5. The third-order valence-electron chi connectivity index (χ3n) is 4.57. The highest BCUT2D eigenvalue weighted by atomic mass is 16.5. The van der Waals surface area contributed by atoms with E-state index in [1.807, 2.05) is 6.92 Å². The van der Waals surface area contributed by atoms with Gasteiger partial charge in [0.2, 0.25) is 0 Å². The largest absolute Gasteiger partial charge is 0.387 e. The van der Waals surface area contributed by atoms with Gasteiger partial charge in [-0.25, -0.2) is 0 Å². The topological polar surface area (TPSA) is 72.4 Å². The molecule has 7 nitrogen and oxygen atoms in total. The number of morpholine rings is 1. The second-order valence-corrected chi connectivity index (χ2v) is 8.21. The quantitative estimate of drug-likeness (QED) is 0.386. The molecule has 1 heterocycles. The highest BCUT2D eigenvalue weighted by Crippen LogP contribution is 2.10. The van der Waals surface area contributed by atoms with Gasteiger partial charge in [0.1, 0.15) is 0 Å². The van der Waals surface area contributed by atoms with E-state index >= 15 is 0 Å². The number of nitrogens with zero attached hydrogens (tertiary/aromatic N) is 3. The summed E-state index contributed by atoms with van der Waals surface area (Å²) < 4.78 is 5.37. The molecule has 154 valence electrons. The second kappa shape index (κ2) is 11.7. The van der Waals surface area contributed by atoms with Gasteiger partial charge in [-0.05, 0) is 40.3 Å². The lowest BCUT2D eigenvalue weighted by atomic mass is 10.0. The molecule has 1 aliphatic heterocycles. The molecular formula is C19H41N5O2. The molecule has 0 aromatic rings. The SMILES string of the molecule is CCNC(=NCC(C)(O)CN1CCOCC1)NCC(CC(C)C)N(C)C. The second-order valence-electron chi connectivity index (χ2n) is 8.21. The smallest absolute Gasteiger partial charge is 0.191 e. The van der Waals surface area contributed by atoms with E-state index in [9.17, 15) is 5.11 Å². The number of hydrogen-bond acceptors (Lipinski definition) is 5. The minimum Gasteiger partial charge on any atom is -0.387 e. The number of aliphatic imine (C=N–C) groups is 1. The average molecular weight is 372 g/mol. The Bertz CT molecular complexity index is 407. The van der Waals surface area contributed by atoms with Crippen molar-refractivity contribution in [2.24, 2.45) is 10.9 Å². The molecule has 0 radical (unpaired) electrons. The van der Waals surface area contributed by atoms with Crippen LogP contribution < -0.4 is 10.6 Å². The van der Waals surface area contributed by atoms with E-state index in [-0.39, 0.29) is 0 Å². The van der Waals surface area contributed by atoms with Crippen LogP contribution in [0.1, 0.15) is 34.1 Å². The van der Waals surface area contributed by atoms with Crippen LogP contribution in [-0.4, -0.2) is 99.1 Å². The predicted molar refractivity (Wildman–Crippen MR) is 109 cm³/mol. The van der Waals surface area contributed by atoms with Gasteiger partial charge in [0.05, 0.1) is 25.4 Å². The number of guanidine groups is 1. The maximum atomic E-state index is 10.7. The summed E-state index contributed by atoms with van der Waals surface area (Å²) in [6.45, 7) is 14.3. The Balaban J connectivity index is 2.57. The van der Waals surface area contributed by atoms with Crippen LogP contribution in [0.15, 0.2) is 4.99 Å². The van der Waals surface area contributed by atoms with Gasteiger partial charge in [0, 0.05) is 38.8 Å². The van der Waals surface area contributed by atoms with Crippen molar-refractivity contribution in [3.05, 3.63) is 0 Å². The van der Waals surface area contributed by atoms with Gasteiger partial charge in [-0.2, -0.15) is 0 Å². The number of likely N-dealkylation sites (N-methyl/N-ethyl adjacent to an activating group) is 1.